The van der Waals surface area contributed by atoms with Gasteiger partial charge in [-0.3, -0.25) is 9.59 Å². The highest BCUT2D eigenvalue weighted by Crippen LogP contribution is 2.32. The highest BCUT2D eigenvalue weighted by molar-refractivity contribution is 7.15. The van der Waals surface area contributed by atoms with Crippen molar-refractivity contribution in [2.24, 2.45) is 7.05 Å². The average molecular weight is 374 g/mol. The number of hydrogen-bond acceptors (Lipinski definition) is 4. The third-order valence-electron chi connectivity index (χ3n) is 3.72. The van der Waals surface area contributed by atoms with Gasteiger partial charge in [-0.2, -0.15) is 5.10 Å². The summed E-state index contributed by atoms with van der Waals surface area (Å²) in [6.07, 6.45) is 0. The lowest BCUT2D eigenvalue weighted by atomic mass is 10.2. The molecule has 5 nitrogen and oxygen atoms in total. The molecule has 3 rings (SSSR count). The van der Waals surface area contributed by atoms with E-state index < -0.39 is 0 Å². The van der Waals surface area contributed by atoms with Gasteiger partial charge >= 0.3 is 0 Å². The van der Waals surface area contributed by atoms with E-state index in [2.05, 4.69) is 10.4 Å². The lowest BCUT2D eigenvalue weighted by Crippen LogP contribution is -2.30. The second-order valence-corrected chi connectivity index (χ2v) is 7.14. The minimum atomic E-state index is -0.315. The molecule has 1 amide bonds. The Morgan fingerprint density at radius 2 is 1.88 bits per heavy atom. The Bertz CT molecular complexity index is 963. The van der Waals surface area contributed by atoms with Gasteiger partial charge in [-0.15, -0.1) is 11.3 Å². The van der Waals surface area contributed by atoms with Crippen molar-refractivity contribution in [2.75, 3.05) is 0 Å². The van der Waals surface area contributed by atoms with Crippen LogP contribution in [0, 0.1) is 0 Å². The minimum Gasteiger partial charge on any atom is -0.343 e. The highest BCUT2D eigenvalue weighted by atomic mass is 35.5. The molecule has 0 saturated carbocycles. The lowest BCUT2D eigenvalue weighted by Gasteiger charge is -2.12. The number of amides is 1. The third-order valence-corrected chi connectivity index (χ3v) is 5.29. The van der Waals surface area contributed by atoms with Crippen LogP contribution in [0.2, 0.25) is 5.02 Å². The molecule has 1 N–H and O–H groups in total. The van der Waals surface area contributed by atoms with Crippen LogP contribution in [0.4, 0.5) is 0 Å². The first-order valence-electron chi connectivity index (χ1n) is 7.65. The molecule has 1 atom stereocenters. The maximum atomic E-state index is 12.3. The van der Waals surface area contributed by atoms with Gasteiger partial charge in [0.1, 0.15) is 5.69 Å². The third kappa shape index (κ3) is 3.97. The largest absolute Gasteiger partial charge is 0.343 e. The lowest BCUT2D eigenvalue weighted by molar-refractivity contribution is 0.0933. The Hall–Kier alpha value is -2.44. The molecule has 7 heteroatoms. The van der Waals surface area contributed by atoms with Gasteiger partial charge in [0.25, 0.3) is 11.5 Å². The SMILES string of the molecule is C[C@H](NC(=O)c1ccc(=O)n(C)n1)c1ccc(-c2ccc(Cl)cc2)s1. The van der Waals surface area contributed by atoms with Crippen molar-refractivity contribution in [1.29, 1.82) is 0 Å². The number of halogens is 1. The standard InChI is InChI=1S/C18H16ClN3O2S/c1-11(20-18(24)14-7-10-17(23)22(2)21-14)15-8-9-16(25-15)12-3-5-13(19)6-4-12/h3-11H,1-2H3,(H,20,24)/t11-/m0/s1. The summed E-state index contributed by atoms with van der Waals surface area (Å²) in [6, 6.07) is 14.3. The van der Waals surface area contributed by atoms with Gasteiger partial charge in [-0.05, 0) is 42.8 Å². The smallest absolute Gasteiger partial charge is 0.272 e. The van der Waals surface area contributed by atoms with Crippen molar-refractivity contribution < 1.29 is 4.79 Å². The van der Waals surface area contributed by atoms with E-state index in [1.54, 1.807) is 11.3 Å². The monoisotopic (exact) mass is 373 g/mol. The molecule has 0 aliphatic carbocycles. The van der Waals surface area contributed by atoms with E-state index in [0.29, 0.717) is 5.02 Å². The molecule has 0 bridgehead atoms. The molecular weight excluding hydrogens is 358 g/mol. The quantitative estimate of drug-likeness (QED) is 0.759. The summed E-state index contributed by atoms with van der Waals surface area (Å²) in [6.45, 7) is 1.91. The number of nitrogens with zero attached hydrogens (tertiary/aromatic N) is 2. The van der Waals surface area contributed by atoms with Crippen molar-refractivity contribution in [3.8, 4) is 10.4 Å². The van der Waals surface area contributed by atoms with E-state index in [1.165, 1.54) is 19.2 Å². The van der Waals surface area contributed by atoms with Crippen LogP contribution < -0.4 is 10.9 Å². The Labute approximate surface area is 153 Å². The van der Waals surface area contributed by atoms with Crippen molar-refractivity contribution in [3.63, 3.8) is 0 Å². The number of carbonyl (C=O) groups is 1. The van der Waals surface area contributed by atoms with Crippen LogP contribution in [0.3, 0.4) is 0 Å². The van der Waals surface area contributed by atoms with Gasteiger partial charge < -0.3 is 5.32 Å². The van der Waals surface area contributed by atoms with Crippen molar-refractivity contribution in [1.82, 2.24) is 15.1 Å². The summed E-state index contributed by atoms with van der Waals surface area (Å²) < 4.78 is 1.14. The number of aromatic nitrogens is 2. The molecule has 3 aromatic rings. The minimum absolute atomic E-state index is 0.169. The molecular formula is C18H16ClN3O2S. The number of thiophene rings is 1. The van der Waals surface area contributed by atoms with Crippen molar-refractivity contribution in [2.45, 2.75) is 13.0 Å². The van der Waals surface area contributed by atoms with Crippen molar-refractivity contribution >= 4 is 28.8 Å². The maximum Gasteiger partial charge on any atom is 0.272 e. The van der Waals surface area contributed by atoms with Gasteiger partial charge in [-0.25, -0.2) is 4.68 Å². The molecule has 0 radical (unpaired) electrons. The molecule has 2 aromatic heterocycles. The second-order valence-electron chi connectivity index (χ2n) is 5.58. The summed E-state index contributed by atoms with van der Waals surface area (Å²) in [5.41, 5.74) is 1.04. The number of carbonyl (C=O) groups excluding carboxylic acids is 1. The van der Waals surface area contributed by atoms with Crippen LogP contribution in [0.1, 0.15) is 28.3 Å². The summed E-state index contributed by atoms with van der Waals surface area (Å²) in [5, 5.41) is 7.57. The van der Waals surface area contributed by atoms with Crippen LogP contribution >= 0.6 is 22.9 Å². The zero-order valence-electron chi connectivity index (χ0n) is 13.7. The zero-order chi connectivity index (χ0) is 18.0. The summed E-state index contributed by atoms with van der Waals surface area (Å²) in [4.78, 5) is 25.8. The normalized spacial score (nSPS) is 12.0. The Balaban J connectivity index is 1.74. The van der Waals surface area contributed by atoms with E-state index in [4.69, 9.17) is 11.6 Å². The summed E-state index contributed by atoms with van der Waals surface area (Å²) in [5.74, 6) is -0.315. The van der Waals surface area contributed by atoms with Crippen LogP contribution in [0.5, 0.6) is 0 Å². The zero-order valence-corrected chi connectivity index (χ0v) is 15.3. The van der Waals surface area contributed by atoms with E-state index >= 15 is 0 Å². The van der Waals surface area contributed by atoms with E-state index in [-0.39, 0.29) is 23.2 Å². The van der Waals surface area contributed by atoms with Gasteiger partial charge in [0.15, 0.2) is 0 Å². The number of aryl methyl sites for hydroxylation is 1. The van der Waals surface area contributed by atoms with E-state index in [1.807, 2.05) is 43.3 Å². The van der Waals surface area contributed by atoms with Crippen LogP contribution in [-0.2, 0) is 7.05 Å². The van der Waals surface area contributed by atoms with Gasteiger partial charge in [0.05, 0.1) is 6.04 Å². The number of benzene rings is 1. The summed E-state index contributed by atoms with van der Waals surface area (Å²) in [7, 11) is 1.51. The fourth-order valence-electron chi connectivity index (χ4n) is 2.32. The molecule has 128 valence electrons. The fraction of sp³-hybridized carbons (Fsp3) is 0.167. The summed E-state index contributed by atoms with van der Waals surface area (Å²) >= 11 is 7.53. The van der Waals surface area contributed by atoms with Gasteiger partial charge in [0, 0.05) is 27.9 Å². The molecule has 0 fully saturated rings. The average Bonchev–Trinajstić information content (AvgIpc) is 3.08. The molecule has 0 aliphatic rings. The van der Waals surface area contributed by atoms with Crippen molar-refractivity contribution in [3.05, 3.63) is 74.5 Å². The maximum absolute atomic E-state index is 12.3. The van der Waals surface area contributed by atoms with Gasteiger partial charge in [0.2, 0.25) is 0 Å². The fourth-order valence-corrected chi connectivity index (χ4v) is 3.46. The van der Waals surface area contributed by atoms with Crippen LogP contribution in [0.25, 0.3) is 10.4 Å². The molecule has 1 aromatic carbocycles. The Morgan fingerprint density at radius 3 is 2.56 bits per heavy atom. The predicted molar refractivity (Wildman–Crippen MR) is 100 cm³/mol. The Morgan fingerprint density at radius 1 is 1.16 bits per heavy atom. The number of nitrogens with one attached hydrogen (secondary N) is 1. The van der Waals surface area contributed by atoms with E-state index in [0.717, 1.165) is 20.0 Å². The first-order chi connectivity index (χ1) is 11.9. The number of rotatable bonds is 4. The topological polar surface area (TPSA) is 64.0 Å². The Kier molecular flexibility index (Phi) is 5.01. The number of hydrogen-bond donors (Lipinski definition) is 1. The first kappa shape index (κ1) is 17.4. The highest BCUT2D eigenvalue weighted by Gasteiger charge is 2.15. The van der Waals surface area contributed by atoms with E-state index in [9.17, 15) is 9.59 Å². The molecule has 2 heterocycles. The van der Waals surface area contributed by atoms with Crippen LogP contribution in [0.15, 0.2) is 53.3 Å². The molecule has 0 spiro atoms. The predicted octanol–water partition coefficient (Wildman–Crippen LogP) is 3.65. The van der Waals surface area contributed by atoms with Crippen LogP contribution in [-0.4, -0.2) is 15.7 Å². The molecule has 0 aliphatic heterocycles. The van der Waals surface area contributed by atoms with Gasteiger partial charge in [-0.1, -0.05) is 23.7 Å². The first-order valence-corrected chi connectivity index (χ1v) is 8.84. The molecule has 0 saturated heterocycles. The second kappa shape index (κ2) is 7.21. The molecule has 25 heavy (non-hydrogen) atoms. The molecule has 0 unspecified atom stereocenters.